The number of aliphatic hydroxyl groups excluding tert-OH is 1. The molecule has 1 atom stereocenters. The Kier molecular flexibility index (Phi) is 6.07. The van der Waals surface area contributed by atoms with Crippen LogP contribution in [0.4, 0.5) is 4.79 Å². The Balaban J connectivity index is 1.79. The lowest BCUT2D eigenvalue weighted by Gasteiger charge is -2.31. The highest BCUT2D eigenvalue weighted by Crippen LogP contribution is 2.19. The molecule has 1 aromatic carbocycles. The van der Waals surface area contributed by atoms with Crippen molar-refractivity contribution in [2.24, 2.45) is 5.92 Å². The van der Waals surface area contributed by atoms with Gasteiger partial charge in [0.2, 0.25) is 0 Å². The van der Waals surface area contributed by atoms with Crippen LogP contribution in [0, 0.1) is 12.8 Å². The van der Waals surface area contributed by atoms with Gasteiger partial charge in [0.1, 0.15) is 5.75 Å². The van der Waals surface area contributed by atoms with Crippen LogP contribution in [0.25, 0.3) is 0 Å². The lowest BCUT2D eigenvalue weighted by atomic mass is 9.99. The Hall–Kier alpha value is -1.75. The maximum atomic E-state index is 12.1. The largest absolute Gasteiger partial charge is 0.496 e. The first kappa shape index (κ1) is 16.6. The second-order valence-electron chi connectivity index (χ2n) is 5.92. The normalized spacial score (nSPS) is 18.1. The molecule has 2 amide bonds. The van der Waals surface area contributed by atoms with E-state index < -0.39 is 0 Å². The molecule has 2 rings (SSSR count). The van der Waals surface area contributed by atoms with Crippen LogP contribution in [0.2, 0.25) is 0 Å². The summed E-state index contributed by atoms with van der Waals surface area (Å²) in [4.78, 5) is 13.9. The molecule has 0 bridgehead atoms. The van der Waals surface area contributed by atoms with Gasteiger partial charge in [-0.2, -0.15) is 0 Å². The molecule has 5 heteroatoms. The lowest BCUT2D eigenvalue weighted by molar-refractivity contribution is 0.129. The van der Waals surface area contributed by atoms with Gasteiger partial charge in [0, 0.05) is 26.2 Å². The number of methoxy groups -OCH3 is 1. The summed E-state index contributed by atoms with van der Waals surface area (Å²) in [5.41, 5.74) is 2.26. The molecule has 1 aliphatic heterocycles. The van der Waals surface area contributed by atoms with Crippen molar-refractivity contribution in [1.29, 1.82) is 0 Å². The van der Waals surface area contributed by atoms with Crippen molar-refractivity contribution < 1.29 is 14.6 Å². The number of benzene rings is 1. The Labute approximate surface area is 132 Å². The third-order valence-electron chi connectivity index (χ3n) is 4.23. The van der Waals surface area contributed by atoms with Crippen LogP contribution in [0.5, 0.6) is 5.75 Å². The van der Waals surface area contributed by atoms with E-state index in [0.29, 0.717) is 13.1 Å². The quantitative estimate of drug-likeness (QED) is 0.874. The first-order chi connectivity index (χ1) is 10.6. The monoisotopic (exact) mass is 306 g/mol. The van der Waals surface area contributed by atoms with Crippen LogP contribution < -0.4 is 10.1 Å². The lowest BCUT2D eigenvalue weighted by Crippen LogP contribution is -2.46. The van der Waals surface area contributed by atoms with Crippen molar-refractivity contribution in [2.75, 3.05) is 33.4 Å². The fourth-order valence-electron chi connectivity index (χ4n) is 2.84. The first-order valence-electron chi connectivity index (χ1n) is 7.91. The smallest absolute Gasteiger partial charge is 0.317 e. The van der Waals surface area contributed by atoms with Crippen LogP contribution in [0.1, 0.15) is 24.0 Å². The number of carbonyl (C=O) groups is 1. The van der Waals surface area contributed by atoms with Gasteiger partial charge in [-0.1, -0.05) is 12.1 Å². The molecule has 1 unspecified atom stereocenters. The second kappa shape index (κ2) is 8.03. The van der Waals surface area contributed by atoms with Gasteiger partial charge in [0.15, 0.2) is 0 Å². The minimum absolute atomic E-state index is 0.0303. The SMILES string of the molecule is COc1cc(CCNC(=O)N2CCCC(CO)C2)ccc1C. The van der Waals surface area contributed by atoms with Crippen LogP contribution in [-0.4, -0.2) is 49.4 Å². The Bertz CT molecular complexity index is 505. The number of hydrogen-bond acceptors (Lipinski definition) is 3. The highest BCUT2D eigenvalue weighted by molar-refractivity contribution is 5.74. The molecule has 0 aromatic heterocycles. The zero-order valence-corrected chi connectivity index (χ0v) is 13.5. The number of piperidine rings is 1. The molecular formula is C17H26N2O3. The zero-order chi connectivity index (χ0) is 15.9. The van der Waals surface area contributed by atoms with Crippen LogP contribution in [-0.2, 0) is 6.42 Å². The summed E-state index contributed by atoms with van der Waals surface area (Å²) >= 11 is 0. The molecule has 2 N–H and O–H groups in total. The number of urea groups is 1. The van der Waals surface area contributed by atoms with Gasteiger partial charge in [-0.05, 0) is 49.3 Å². The molecular weight excluding hydrogens is 280 g/mol. The first-order valence-corrected chi connectivity index (χ1v) is 7.91. The number of hydrogen-bond donors (Lipinski definition) is 2. The number of aryl methyl sites for hydroxylation is 1. The number of carbonyl (C=O) groups excluding carboxylic acids is 1. The third kappa shape index (κ3) is 4.37. The van der Waals surface area contributed by atoms with Crippen molar-refractivity contribution in [3.63, 3.8) is 0 Å². The predicted molar refractivity (Wildman–Crippen MR) is 86.2 cm³/mol. The molecule has 1 aromatic rings. The van der Waals surface area contributed by atoms with Crippen molar-refractivity contribution in [3.05, 3.63) is 29.3 Å². The number of nitrogens with one attached hydrogen (secondary N) is 1. The minimum Gasteiger partial charge on any atom is -0.496 e. The molecule has 122 valence electrons. The molecule has 1 fully saturated rings. The van der Waals surface area contributed by atoms with E-state index in [2.05, 4.69) is 11.4 Å². The molecule has 0 aliphatic carbocycles. The molecule has 1 heterocycles. The minimum atomic E-state index is -0.0303. The fraction of sp³-hybridized carbons (Fsp3) is 0.588. The molecule has 1 saturated heterocycles. The number of amides is 2. The van der Waals surface area contributed by atoms with E-state index >= 15 is 0 Å². The van der Waals surface area contributed by atoms with Crippen LogP contribution in [0.15, 0.2) is 18.2 Å². The van der Waals surface area contributed by atoms with Crippen LogP contribution in [0.3, 0.4) is 0 Å². The summed E-state index contributed by atoms with van der Waals surface area (Å²) in [7, 11) is 1.67. The van der Waals surface area contributed by atoms with Gasteiger partial charge >= 0.3 is 6.03 Å². The fourth-order valence-corrected chi connectivity index (χ4v) is 2.84. The van der Waals surface area contributed by atoms with Gasteiger partial charge in [0.25, 0.3) is 0 Å². The molecule has 1 aliphatic rings. The molecule has 0 radical (unpaired) electrons. The number of likely N-dealkylation sites (tertiary alicyclic amines) is 1. The van der Waals surface area contributed by atoms with E-state index in [4.69, 9.17) is 4.74 Å². The maximum absolute atomic E-state index is 12.1. The van der Waals surface area contributed by atoms with Gasteiger partial charge in [0.05, 0.1) is 7.11 Å². The second-order valence-corrected chi connectivity index (χ2v) is 5.92. The summed E-state index contributed by atoms with van der Waals surface area (Å²) in [5, 5.41) is 12.2. The molecule has 22 heavy (non-hydrogen) atoms. The van der Waals surface area contributed by atoms with Gasteiger partial charge < -0.3 is 20.1 Å². The summed E-state index contributed by atoms with van der Waals surface area (Å²) in [6.07, 6.45) is 2.75. The highest BCUT2D eigenvalue weighted by Gasteiger charge is 2.22. The summed E-state index contributed by atoms with van der Waals surface area (Å²) in [6, 6.07) is 6.08. The Morgan fingerprint density at radius 1 is 1.50 bits per heavy atom. The Morgan fingerprint density at radius 3 is 3.05 bits per heavy atom. The average molecular weight is 306 g/mol. The van der Waals surface area contributed by atoms with Crippen molar-refractivity contribution in [1.82, 2.24) is 10.2 Å². The highest BCUT2D eigenvalue weighted by atomic mass is 16.5. The van der Waals surface area contributed by atoms with E-state index in [1.54, 1.807) is 12.0 Å². The molecule has 0 saturated carbocycles. The number of nitrogens with zero attached hydrogens (tertiary/aromatic N) is 1. The molecule has 0 spiro atoms. The predicted octanol–water partition coefficient (Wildman–Crippen LogP) is 1.96. The maximum Gasteiger partial charge on any atom is 0.317 e. The topological polar surface area (TPSA) is 61.8 Å². The summed E-state index contributed by atoms with van der Waals surface area (Å²) in [5.74, 6) is 1.10. The average Bonchev–Trinajstić information content (AvgIpc) is 2.56. The summed E-state index contributed by atoms with van der Waals surface area (Å²) < 4.78 is 5.31. The van der Waals surface area contributed by atoms with Crippen LogP contribution >= 0.6 is 0 Å². The van der Waals surface area contributed by atoms with Gasteiger partial charge in [-0.25, -0.2) is 4.79 Å². The Morgan fingerprint density at radius 2 is 2.32 bits per heavy atom. The van der Waals surface area contributed by atoms with Crippen molar-refractivity contribution in [2.45, 2.75) is 26.2 Å². The van der Waals surface area contributed by atoms with Crippen molar-refractivity contribution in [3.8, 4) is 5.75 Å². The van der Waals surface area contributed by atoms with E-state index in [1.807, 2.05) is 19.1 Å². The van der Waals surface area contributed by atoms with E-state index in [-0.39, 0.29) is 18.6 Å². The van der Waals surface area contributed by atoms with E-state index in [1.165, 1.54) is 0 Å². The number of aliphatic hydroxyl groups is 1. The van der Waals surface area contributed by atoms with E-state index in [9.17, 15) is 9.90 Å². The standard InChI is InChI=1S/C17H26N2O3/c1-13-5-6-14(10-16(13)22-2)7-8-18-17(21)19-9-3-4-15(11-19)12-20/h5-6,10,15,20H,3-4,7-9,11-12H2,1-2H3,(H,18,21). The van der Waals surface area contributed by atoms with Gasteiger partial charge in [-0.3, -0.25) is 0 Å². The number of ether oxygens (including phenoxy) is 1. The van der Waals surface area contributed by atoms with E-state index in [0.717, 1.165) is 42.7 Å². The van der Waals surface area contributed by atoms with Crippen molar-refractivity contribution >= 4 is 6.03 Å². The summed E-state index contributed by atoms with van der Waals surface area (Å²) in [6.45, 7) is 4.21. The zero-order valence-electron chi connectivity index (χ0n) is 13.5. The third-order valence-corrected chi connectivity index (χ3v) is 4.23. The van der Waals surface area contributed by atoms with Gasteiger partial charge in [-0.15, -0.1) is 0 Å². The molecule has 5 nitrogen and oxygen atoms in total. The number of rotatable bonds is 5.